The number of nitrogens with zero attached hydrogens (tertiary/aromatic N) is 3. The Balaban J connectivity index is 2.48. The number of aromatic amines is 1. The van der Waals surface area contributed by atoms with Crippen LogP contribution in [0.15, 0.2) is 67.3 Å². The number of aromatic nitrogens is 3. The molecule has 15 heteroatoms. The number of hydrogen-bond acceptors (Lipinski definition) is 12. The fraction of sp³-hybridized carbons (Fsp3) is 0.578. The number of nitrogens with one attached hydrogen (secondary N) is 2. The van der Waals surface area contributed by atoms with E-state index in [0.29, 0.717) is 24.1 Å². The van der Waals surface area contributed by atoms with Crippen molar-refractivity contribution in [1.82, 2.24) is 25.2 Å². The lowest BCUT2D eigenvalue weighted by molar-refractivity contribution is -0.168. The molecule has 0 aliphatic carbocycles. The van der Waals surface area contributed by atoms with Gasteiger partial charge in [0.15, 0.2) is 11.6 Å². The van der Waals surface area contributed by atoms with Crippen molar-refractivity contribution < 1.29 is 33.8 Å². The average molecular weight is 833 g/mol. The molecule has 0 aliphatic rings. The number of benzene rings is 1. The Hall–Kier alpha value is -4.83. The molecule has 3 rings (SSSR count). The van der Waals surface area contributed by atoms with Gasteiger partial charge in [0.2, 0.25) is 11.8 Å². The lowest BCUT2D eigenvalue weighted by atomic mass is 9.65. The van der Waals surface area contributed by atoms with Gasteiger partial charge in [-0.25, -0.2) is 9.78 Å². The summed E-state index contributed by atoms with van der Waals surface area (Å²) in [5, 5.41) is 14.7. The minimum Gasteiger partial charge on any atom is -0.444 e. The van der Waals surface area contributed by atoms with Crippen molar-refractivity contribution in [3.63, 3.8) is 0 Å². The molecule has 0 fully saturated rings. The Morgan fingerprint density at radius 1 is 0.933 bits per heavy atom. The number of alkyl carbamates (subject to hydrolysis) is 1. The molecule has 1 aromatic carbocycles. The number of carbonyl (C=O) groups is 5. The molecule has 0 radical (unpaired) electrons. The molecule has 0 spiro atoms. The molecule has 60 heavy (non-hydrogen) atoms. The highest BCUT2D eigenvalue weighted by Gasteiger charge is 2.58. The first-order valence-electron chi connectivity index (χ1n) is 20.8. The predicted octanol–water partition coefficient (Wildman–Crippen LogP) is 4.58. The maximum absolute atomic E-state index is 16.3. The smallest absolute Gasteiger partial charge is 0.408 e. The number of rotatable bonds is 21. The summed E-state index contributed by atoms with van der Waals surface area (Å²) in [6.45, 7) is 17.1. The SMILES string of the molecule is CC[C@H](C)[C@H](N)C(=O)C(c1ccccn1)N(C(=O)[C@](C[C@H](O)[C@@H](N)CC(C)C)(C(=O)[C@H](Cc1ccccc1)NC(=O)OC(C)(C)C)C(C)C)C(=O)[C@@](C)(N)Cc1cnc[nH]1. The lowest BCUT2D eigenvalue weighted by Gasteiger charge is -2.45. The van der Waals surface area contributed by atoms with E-state index in [-0.39, 0.29) is 24.5 Å². The molecule has 2 aromatic heterocycles. The molecule has 3 amide bonds. The fourth-order valence-electron chi connectivity index (χ4n) is 7.39. The second-order valence-electron chi connectivity index (χ2n) is 18.1. The molecule has 330 valence electrons. The third-order valence-electron chi connectivity index (χ3n) is 11.0. The summed E-state index contributed by atoms with van der Waals surface area (Å²) in [5.41, 5.74) is 16.0. The number of ether oxygens (including phenoxy) is 1. The Bertz CT molecular complexity index is 1860. The second-order valence-corrected chi connectivity index (χ2v) is 18.1. The molecule has 15 nitrogen and oxygen atoms in total. The van der Waals surface area contributed by atoms with Crippen LogP contribution in [0.3, 0.4) is 0 Å². The van der Waals surface area contributed by atoms with Crippen molar-refractivity contribution in [3.05, 3.63) is 84.2 Å². The number of carbonyl (C=O) groups excluding carboxylic acids is 5. The number of H-pyrrole nitrogens is 1. The number of imidazole rings is 1. The van der Waals surface area contributed by atoms with Gasteiger partial charge < -0.3 is 37.3 Å². The largest absolute Gasteiger partial charge is 0.444 e. The van der Waals surface area contributed by atoms with Gasteiger partial charge in [-0.15, -0.1) is 0 Å². The zero-order chi connectivity index (χ0) is 45.2. The number of ketones is 2. The summed E-state index contributed by atoms with van der Waals surface area (Å²) in [6.07, 6.45) is 1.90. The molecule has 0 aliphatic heterocycles. The minimum atomic E-state index is -2.34. The highest BCUT2D eigenvalue weighted by molar-refractivity contribution is 6.16. The van der Waals surface area contributed by atoms with Crippen LogP contribution in [0, 0.1) is 23.2 Å². The van der Waals surface area contributed by atoms with Crippen LogP contribution in [0.5, 0.6) is 0 Å². The third-order valence-corrected chi connectivity index (χ3v) is 11.0. The van der Waals surface area contributed by atoms with Crippen LogP contribution in [0.4, 0.5) is 4.79 Å². The summed E-state index contributed by atoms with van der Waals surface area (Å²) in [4.78, 5) is 88.2. The standard InChI is InChI=1S/C45H68N8O7/c1-11-29(6)36(47)38(55)37(33-19-15-16-20-50-33)53(40(57)44(10,48)23-31-25-49-26-51-31)41(58)45(28(4)5,24-35(54)32(46)21-27(2)3)39(56)34(22-30-17-13-12-14-18-30)52-42(59)60-43(7,8)9/h12-20,25-29,32,34-37,54H,11,21-24,46-48H2,1-10H3,(H,49,51)(H,52,59)/t29-,32-,34-,35-,36-,37?,44-,45-/m0/s1. The van der Waals surface area contributed by atoms with Crippen LogP contribution in [-0.4, -0.2) is 89.8 Å². The number of hydrogen-bond donors (Lipinski definition) is 6. The van der Waals surface area contributed by atoms with Crippen molar-refractivity contribution in [2.45, 2.75) is 143 Å². The van der Waals surface area contributed by atoms with Gasteiger partial charge in [0.1, 0.15) is 17.1 Å². The summed E-state index contributed by atoms with van der Waals surface area (Å²) >= 11 is 0. The maximum atomic E-state index is 16.3. The Kier molecular flexibility index (Phi) is 17.4. The van der Waals surface area contributed by atoms with Crippen LogP contribution in [0.25, 0.3) is 0 Å². The Morgan fingerprint density at radius 2 is 1.57 bits per heavy atom. The third kappa shape index (κ3) is 12.6. The first kappa shape index (κ1) is 49.5. The van der Waals surface area contributed by atoms with E-state index in [0.717, 1.165) is 4.90 Å². The van der Waals surface area contributed by atoms with E-state index >= 15 is 14.4 Å². The number of aliphatic hydroxyl groups is 1. The molecular weight excluding hydrogens is 765 g/mol. The predicted molar refractivity (Wildman–Crippen MR) is 230 cm³/mol. The molecule has 0 saturated heterocycles. The monoisotopic (exact) mass is 833 g/mol. The van der Waals surface area contributed by atoms with Crippen LogP contribution >= 0.6 is 0 Å². The second kappa shape index (κ2) is 21.1. The van der Waals surface area contributed by atoms with Gasteiger partial charge in [-0.05, 0) is 82.4 Å². The minimum absolute atomic E-state index is 0.00942. The Morgan fingerprint density at radius 3 is 2.08 bits per heavy atom. The number of Topliss-reactive ketones (excluding diaryl/α,β-unsaturated/α-hetero) is 2. The van der Waals surface area contributed by atoms with Gasteiger partial charge in [0, 0.05) is 30.6 Å². The van der Waals surface area contributed by atoms with Crippen molar-refractivity contribution in [2.75, 3.05) is 0 Å². The van der Waals surface area contributed by atoms with E-state index < -0.39 is 94.6 Å². The van der Waals surface area contributed by atoms with E-state index in [1.165, 1.54) is 31.7 Å². The lowest BCUT2D eigenvalue weighted by Crippen LogP contribution is -2.66. The molecule has 1 unspecified atom stereocenters. The summed E-state index contributed by atoms with van der Waals surface area (Å²) in [6, 6.07) is 8.28. The first-order chi connectivity index (χ1) is 28.0. The van der Waals surface area contributed by atoms with E-state index in [4.69, 9.17) is 21.9 Å². The summed E-state index contributed by atoms with van der Waals surface area (Å²) < 4.78 is 5.61. The average Bonchev–Trinajstić information content (AvgIpc) is 3.69. The van der Waals surface area contributed by atoms with E-state index in [9.17, 15) is 14.7 Å². The van der Waals surface area contributed by atoms with Gasteiger partial charge >= 0.3 is 6.09 Å². The molecule has 9 N–H and O–H groups in total. The summed E-state index contributed by atoms with van der Waals surface area (Å²) in [5.74, 6) is -5.04. The van der Waals surface area contributed by atoms with Crippen LogP contribution < -0.4 is 22.5 Å². The number of pyridine rings is 1. The number of aliphatic hydroxyl groups excluding tert-OH is 1. The first-order valence-corrected chi connectivity index (χ1v) is 20.8. The highest BCUT2D eigenvalue weighted by atomic mass is 16.6. The van der Waals surface area contributed by atoms with Gasteiger partial charge in [0.25, 0.3) is 0 Å². The topological polar surface area (TPSA) is 250 Å². The van der Waals surface area contributed by atoms with Crippen molar-refractivity contribution in [3.8, 4) is 0 Å². The molecular formula is C45H68N8O7. The van der Waals surface area contributed by atoms with E-state index in [1.54, 1.807) is 84.0 Å². The molecule has 0 bridgehead atoms. The van der Waals surface area contributed by atoms with Gasteiger partial charge in [-0.2, -0.15) is 0 Å². The Labute approximate surface area is 355 Å². The number of amides is 3. The normalized spacial score (nSPS) is 17.0. The zero-order valence-electron chi connectivity index (χ0n) is 37.0. The van der Waals surface area contributed by atoms with Crippen molar-refractivity contribution in [2.24, 2.45) is 40.4 Å². The molecule has 8 atom stereocenters. The maximum Gasteiger partial charge on any atom is 0.408 e. The molecule has 2 heterocycles. The van der Waals surface area contributed by atoms with Crippen molar-refractivity contribution in [1.29, 1.82) is 0 Å². The van der Waals surface area contributed by atoms with Crippen LogP contribution in [0.2, 0.25) is 0 Å². The summed E-state index contributed by atoms with van der Waals surface area (Å²) in [7, 11) is 0. The zero-order valence-corrected chi connectivity index (χ0v) is 37.0. The number of imide groups is 1. The van der Waals surface area contributed by atoms with Crippen molar-refractivity contribution >= 4 is 29.5 Å². The van der Waals surface area contributed by atoms with E-state index in [2.05, 4.69) is 20.3 Å². The number of nitrogens with two attached hydrogens (primary N) is 3. The quantitative estimate of drug-likeness (QED) is 0.0808. The van der Waals surface area contributed by atoms with Gasteiger partial charge in [-0.1, -0.05) is 84.4 Å². The fourth-order valence-corrected chi connectivity index (χ4v) is 7.39. The molecule has 3 aromatic rings. The van der Waals surface area contributed by atoms with Crippen LogP contribution in [-0.2, 0) is 36.8 Å². The van der Waals surface area contributed by atoms with Crippen LogP contribution in [0.1, 0.15) is 111 Å². The highest BCUT2D eigenvalue weighted by Crippen LogP contribution is 2.42. The van der Waals surface area contributed by atoms with Gasteiger partial charge in [-0.3, -0.25) is 29.1 Å². The van der Waals surface area contributed by atoms with E-state index in [1.807, 2.05) is 20.8 Å². The van der Waals surface area contributed by atoms with Gasteiger partial charge in [0.05, 0.1) is 35.7 Å². The molecule has 0 saturated carbocycles.